The zero-order valence-electron chi connectivity index (χ0n) is 15.3. The molecule has 1 aromatic carbocycles. The fourth-order valence-electron chi connectivity index (χ4n) is 3.19. The number of halogens is 1. The second kappa shape index (κ2) is 8.18. The summed E-state index contributed by atoms with van der Waals surface area (Å²) in [6.45, 7) is 9.94. The van der Waals surface area contributed by atoms with Crippen molar-refractivity contribution in [3.63, 3.8) is 0 Å². The number of rotatable bonds is 5. The molecule has 5 nitrogen and oxygen atoms in total. The molecule has 7 heteroatoms. The lowest BCUT2D eigenvalue weighted by molar-refractivity contribution is 0.0622. The van der Waals surface area contributed by atoms with Gasteiger partial charge in [-0.25, -0.2) is 13.1 Å². The van der Waals surface area contributed by atoms with Gasteiger partial charge in [-0.1, -0.05) is 27.7 Å². The Labute approximate surface area is 159 Å². The summed E-state index contributed by atoms with van der Waals surface area (Å²) in [5.41, 5.74) is 0.397. The Hall–Kier alpha value is -0.920. The second-order valence-corrected chi connectivity index (χ2v) is 10.2. The first-order chi connectivity index (χ1) is 11.6. The Morgan fingerprint density at radius 3 is 2.44 bits per heavy atom. The Kier molecular flexibility index (Phi) is 6.68. The van der Waals surface area contributed by atoms with Gasteiger partial charge in [0.05, 0.1) is 10.5 Å². The molecule has 0 radical (unpaired) electrons. The Morgan fingerprint density at radius 2 is 1.88 bits per heavy atom. The average Bonchev–Trinajstić information content (AvgIpc) is 2.51. The maximum atomic E-state index is 12.9. The van der Waals surface area contributed by atoms with Crippen LogP contribution < -0.4 is 4.72 Å². The van der Waals surface area contributed by atoms with Gasteiger partial charge in [-0.2, -0.15) is 0 Å². The van der Waals surface area contributed by atoms with Crippen LogP contribution in [0.1, 0.15) is 44.5 Å². The third-order valence-corrected chi connectivity index (χ3v) is 6.43. The molecule has 0 aromatic heterocycles. The minimum atomic E-state index is -3.62. The predicted octanol–water partition coefficient (Wildman–Crippen LogP) is 3.50. The molecule has 1 fully saturated rings. The van der Waals surface area contributed by atoms with Crippen molar-refractivity contribution in [2.75, 3.05) is 19.6 Å². The summed E-state index contributed by atoms with van der Waals surface area (Å²) in [6, 6.07) is 4.62. The van der Waals surface area contributed by atoms with E-state index in [1.165, 1.54) is 12.1 Å². The number of piperidine rings is 1. The molecule has 1 amide bonds. The minimum absolute atomic E-state index is 0.119. The van der Waals surface area contributed by atoms with Crippen molar-refractivity contribution in [1.29, 1.82) is 0 Å². The first kappa shape index (κ1) is 20.4. The first-order valence-electron chi connectivity index (χ1n) is 8.68. The standard InChI is InChI=1S/C18H27BrN2O3S/c1-12(2)9-20-25(23,24)15-5-6-17(19)16(8-15)18(22)21-10-13(3)7-14(4)11-21/h5-6,8,12-14,20H,7,9-11H2,1-4H3. The zero-order chi connectivity index (χ0) is 18.8. The summed E-state index contributed by atoms with van der Waals surface area (Å²) >= 11 is 3.39. The zero-order valence-corrected chi connectivity index (χ0v) is 17.7. The molecule has 1 N–H and O–H groups in total. The molecule has 1 heterocycles. The van der Waals surface area contributed by atoms with E-state index in [2.05, 4.69) is 34.5 Å². The number of carbonyl (C=O) groups excluding carboxylic acids is 1. The number of hydrogen-bond acceptors (Lipinski definition) is 3. The van der Waals surface area contributed by atoms with Gasteiger partial charge in [0.1, 0.15) is 0 Å². The minimum Gasteiger partial charge on any atom is -0.338 e. The van der Waals surface area contributed by atoms with Gasteiger partial charge in [0.15, 0.2) is 0 Å². The number of carbonyl (C=O) groups is 1. The van der Waals surface area contributed by atoms with E-state index in [-0.39, 0.29) is 16.7 Å². The van der Waals surface area contributed by atoms with Gasteiger partial charge in [-0.3, -0.25) is 4.79 Å². The van der Waals surface area contributed by atoms with E-state index in [9.17, 15) is 13.2 Å². The molecule has 1 saturated heterocycles. The van der Waals surface area contributed by atoms with Crippen molar-refractivity contribution in [3.05, 3.63) is 28.2 Å². The lowest BCUT2D eigenvalue weighted by Gasteiger charge is -2.35. The third kappa shape index (κ3) is 5.28. The number of hydrogen-bond donors (Lipinski definition) is 1. The van der Waals surface area contributed by atoms with E-state index in [4.69, 9.17) is 0 Å². The van der Waals surface area contributed by atoms with Crippen LogP contribution in [0.5, 0.6) is 0 Å². The molecule has 1 aromatic rings. The molecule has 25 heavy (non-hydrogen) atoms. The number of nitrogens with one attached hydrogen (secondary N) is 1. The van der Waals surface area contributed by atoms with Gasteiger partial charge in [0.25, 0.3) is 5.91 Å². The highest BCUT2D eigenvalue weighted by Crippen LogP contribution is 2.27. The number of likely N-dealkylation sites (tertiary alicyclic amines) is 1. The number of sulfonamides is 1. The van der Waals surface area contributed by atoms with Crippen LogP contribution in [-0.4, -0.2) is 38.9 Å². The average molecular weight is 431 g/mol. The van der Waals surface area contributed by atoms with Crippen LogP contribution in [0.3, 0.4) is 0 Å². The van der Waals surface area contributed by atoms with E-state index < -0.39 is 10.0 Å². The van der Waals surface area contributed by atoms with Gasteiger partial charge >= 0.3 is 0 Å². The van der Waals surface area contributed by atoms with Crippen molar-refractivity contribution in [2.45, 2.75) is 39.0 Å². The Balaban J connectivity index is 2.28. The van der Waals surface area contributed by atoms with Crippen molar-refractivity contribution in [3.8, 4) is 0 Å². The SMILES string of the molecule is CC(C)CNS(=O)(=O)c1ccc(Br)c(C(=O)N2CC(C)CC(C)C2)c1. The van der Waals surface area contributed by atoms with Gasteiger partial charge in [0.2, 0.25) is 10.0 Å². The quantitative estimate of drug-likeness (QED) is 0.776. The van der Waals surface area contributed by atoms with E-state index in [1.54, 1.807) is 6.07 Å². The Bertz CT molecular complexity index is 724. The summed E-state index contributed by atoms with van der Waals surface area (Å²) in [7, 11) is -3.62. The van der Waals surface area contributed by atoms with Crippen molar-refractivity contribution >= 4 is 31.9 Å². The van der Waals surface area contributed by atoms with Gasteiger partial charge in [0, 0.05) is 24.1 Å². The normalized spacial score (nSPS) is 21.6. The molecular weight excluding hydrogens is 404 g/mol. The summed E-state index contributed by atoms with van der Waals surface area (Å²) in [5.74, 6) is 0.992. The molecule has 0 bridgehead atoms. The fourth-order valence-corrected chi connectivity index (χ4v) is 4.85. The number of nitrogens with zero attached hydrogens (tertiary/aromatic N) is 1. The second-order valence-electron chi connectivity index (χ2n) is 7.54. The fraction of sp³-hybridized carbons (Fsp3) is 0.611. The van der Waals surface area contributed by atoms with Crippen LogP contribution in [0, 0.1) is 17.8 Å². The largest absolute Gasteiger partial charge is 0.338 e. The highest BCUT2D eigenvalue weighted by atomic mass is 79.9. The molecular formula is C18H27BrN2O3S. The lowest BCUT2D eigenvalue weighted by Crippen LogP contribution is -2.42. The summed E-state index contributed by atoms with van der Waals surface area (Å²) in [4.78, 5) is 14.9. The molecule has 2 atom stereocenters. The van der Waals surface area contributed by atoms with Crippen molar-refractivity contribution < 1.29 is 13.2 Å². The molecule has 2 rings (SSSR count). The van der Waals surface area contributed by atoms with Crippen LogP contribution in [0.25, 0.3) is 0 Å². The maximum Gasteiger partial charge on any atom is 0.255 e. The van der Waals surface area contributed by atoms with Crippen LogP contribution in [-0.2, 0) is 10.0 Å². The molecule has 1 aliphatic heterocycles. The van der Waals surface area contributed by atoms with E-state index >= 15 is 0 Å². The highest BCUT2D eigenvalue weighted by molar-refractivity contribution is 9.10. The first-order valence-corrected chi connectivity index (χ1v) is 11.0. The van der Waals surface area contributed by atoms with Gasteiger partial charge in [-0.15, -0.1) is 0 Å². The number of amides is 1. The van der Waals surface area contributed by atoms with Crippen LogP contribution in [0.2, 0.25) is 0 Å². The molecule has 2 unspecified atom stereocenters. The summed E-state index contributed by atoms with van der Waals surface area (Å²) < 4.78 is 28.1. The van der Waals surface area contributed by atoms with E-state index in [0.29, 0.717) is 41.5 Å². The van der Waals surface area contributed by atoms with Crippen molar-refractivity contribution in [2.24, 2.45) is 17.8 Å². The summed E-state index contributed by atoms with van der Waals surface area (Å²) in [5, 5.41) is 0. The number of benzene rings is 1. The molecule has 1 aliphatic rings. The van der Waals surface area contributed by atoms with Crippen LogP contribution in [0.4, 0.5) is 0 Å². The maximum absolute atomic E-state index is 12.9. The third-order valence-electron chi connectivity index (χ3n) is 4.32. The van der Waals surface area contributed by atoms with Crippen LogP contribution >= 0.6 is 15.9 Å². The predicted molar refractivity (Wildman–Crippen MR) is 103 cm³/mol. The Morgan fingerprint density at radius 1 is 1.28 bits per heavy atom. The van der Waals surface area contributed by atoms with Gasteiger partial charge < -0.3 is 4.90 Å². The highest BCUT2D eigenvalue weighted by Gasteiger charge is 2.28. The molecule has 140 valence electrons. The molecule has 0 saturated carbocycles. The molecule has 0 aliphatic carbocycles. The summed E-state index contributed by atoms with van der Waals surface area (Å²) in [6.07, 6.45) is 1.11. The van der Waals surface area contributed by atoms with E-state index in [1.807, 2.05) is 18.7 Å². The van der Waals surface area contributed by atoms with Crippen LogP contribution in [0.15, 0.2) is 27.6 Å². The lowest BCUT2D eigenvalue weighted by atomic mass is 9.91. The van der Waals surface area contributed by atoms with Crippen molar-refractivity contribution in [1.82, 2.24) is 9.62 Å². The smallest absolute Gasteiger partial charge is 0.255 e. The topological polar surface area (TPSA) is 66.5 Å². The van der Waals surface area contributed by atoms with E-state index in [0.717, 1.165) is 6.42 Å². The molecule has 0 spiro atoms. The van der Waals surface area contributed by atoms with Gasteiger partial charge in [-0.05, 0) is 58.3 Å². The monoisotopic (exact) mass is 430 g/mol.